The van der Waals surface area contributed by atoms with E-state index in [1.807, 2.05) is 19.9 Å². The predicted molar refractivity (Wildman–Crippen MR) is 126 cm³/mol. The van der Waals surface area contributed by atoms with Crippen molar-refractivity contribution in [1.82, 2.24) is 4.98 Å². The monoisotopic (exact) mass is 477 g/mol. The number of fused-ring (bicyclic) bond motifs is 1. The first-order valence-corrected chi connectivity index (χ1v) is 12.3. The van der Waals surface area contributed by atoms with Crippen molar-refractivity contribution in [1.29, 1.82) is 0 Å². The molecule has 2 fully saturated rings. The number of esters is 1. The SMILES string of the molecule is C/C(=C\c1coc(C)n1)[C@@H]1C[C@H]2O[C@H]2CCC[C@H](C)[C@@H](O)[C@H](C)C(=O)C(C)(C)[C@@H](O)CC(=O)O1. The molecule has 0 amide bonds. The molecule has 2 aliphatic heterocycles. The Balaban J connectivity index is 1.81. The first kappa shape index (κ1) is 26.6. The van der Waals surface area contributed by atoms with Crippen LogP contribution < -0.4 is 0 Å². The minimum Gasteiger partial charge on any atom is -0.458 e. The van der Waals surface area contributed by atoms with E-state index in [1.54, 1.807) is 34.0 Å². The number of ketones is 1. The van der Waals surface area contributed by atoms with Crippen molar-refractivity contribution < 1.29 is 33.7 Å². The highest BCUT2D eigenvalue weighted by Gasteiger charge is 2.44. The molecule has 0 aliphatic carbocycles. The number of hydrogen-bond acceptors (Lipinski definition) is 8. The van der Waals surface area contributed by atoms with Crippen molar-refractivity contribution in [3.63, 3.8) is 0 Å². The van der Waals surface area contributed by atoms with E-state index in [4.69, 9.17) is 13.9 Å². The Morgan fingerprint density at radius 2 is 1.88 bits per heavy atom. The minimum absolute atomic E-state index is 0.0183. The highest BCUT2D eigenvalue weighted by atomic mass is 16.6. The number of nitrogens with zero attached hydrogens (tertiary/aromatic N) is 1. The summed E-state index contributed by atoms with van der Waals surface area (Å²) in [5.41, 5.74) is 0.228. The van der Waals surface area contributed by atoms with E-state index in [1.165, 1.54) is 0 Å². The van der Waals surface area contributed by atoms with Crippen LogP contribution >= 0.6 is 0 Å². The van der Waals surface area contributed by atoms with Gasteiger partial charge >= 0.3 is 5.97 Å². The average Bonchev–Trinajstić information content (AvgIpc) is 3.38. The van der Waals surface area contributed by atoms with Gasteiger partial charge in [0.25, 0.3) is 0 Å². The predicted octanol–water partition coefficient (Wildman–Crippen LogP) is 3.62. The van der Waals surface area contributed by atoms with E-state index in [9.17, 15) is 19.8 Å². The average molecular weight is 478 g/mol. The molecule has 0 saturated carbocycles. The molecule has 3 heterocycles. The second-order valence-corrected chi connectivity index (χ2v) is 10.6. The lowest BCUT2D eigenvalue weighted by Crippen LogP contribution is -2.45. The van der Waals surface area contributed by atoms with Crippen LogP contribution in [0.3, 0.4) is 0 Å². The number of ether oxygens (including phenoxy) is 2. The van der Waals surface area contributed by atoms with Crippen LogP contribution in [-0.2, 0) is 19.1 Å². The highest BCUT2D eigenvalue weighted by Crippen LogP contribution is 2.36. The summed E-state index contributed by atoms with van der Waals surface area (Å²) >= 11 is 0. The number of Topliss-reactive ketones (excluding diaryl/α,β-unsaturated/α-hetero) is 1. The number of aliphatic hydroxyl groups is 2. The van der Waals surface area contributed by atoms with Crippen LogP contribution in [0.15, 0.2) is 16.3 Å². The molecule has 2 aliphatic rings. The van der Waals surface area contributed by atoms with Crippen LogP contribution in [0.1, 0.15) is 78.3 Å². The van der Waals surface area contributed by atoms with Gasteiger partial charge in [-0.25, -0.2) is 4.98 Å². The number of aliphatic hydroxyl groups excluding tert-OH is 2. The normalized spacial score (nSPS) is 36.0. The summed E-state index contributed by atoms with van der Waals surface area (Å²) in [5, 5.41) is 21.6. The first-order valence-electron chi connectivity index (χ1n) is 12.3. The van der Waals surface area contributed by atoms with Crippen molar-refractivity contribution >= 4 is 17.8 Å². The van der Waals surface area contributed by atoms with Gasteiger partial charge in [0.05, 0.1) is 36.3 Å². The quantitative estimate of drug-likeness (QED) is 0.489. The molecule has 7 atom stereocenters. The molecule has 2 saturated heterocycles. The van der Waals surface area contributed by atoms with Gasteiger partial charge in [0, 0.05) is 19.3 Å². The van der Waals surface area contributed by atoms with E-state index in [0.29, 0.717) is 18.0 Å². The van der Waals surface area contributed by atoms with Crippen molar-refractivity contribution in [3.05, 3.63) is 23.4 Å². The molecule has 0 aromatic carbocycles. The summed E-state index contributed by atoms with van der Waals surface area (Å²) in [5.74, 6) is -1.03. The summed E-state index contributed by atoms with van der Waals surface area (Å²) in [7, 11) is 0. The van der Waals surface area contributed by atoms with Gasteiger partial charge in [0.15, 0.2) is 5.89 Å². The van der Waals surface area contributed by atoms with E-state index in [0.717, 1.165) is 24.8 Å². The van der Waals surface area contributed by atoms with Gasteiger partial charge in [-0.3, -0.25) is 9.59 Å². The summed E-state index contributed by atoms with van der Waals surface area (Å²) in [6, 6.07) is 0. The molecule has 0 radical (unpaired) electrons. The number of oxazole rings is 1. The Bertz CT molecular complexity index is 905. The maximum atomic E-state index is 13.2. The molecule has 34 heavy (non-hydrogen) atoms. The molecule has 0 unspecified atom stereocenters. The summed E-state index contributed by atoms with van der Waals surface area (Å²) in [4.78, 5) is 30.3. The smallest absolute Gasteiger partial charge is 0.309 e. The summed E-state index contributed by atoms with van der Waals surface area (Å²) < 4.78 is 16.9. The van der Waals surface area contributed by atoms with Crippen molar-refractivity contribution in [2.75, 3.05) is 0 Å². The molecule has 8 heteroatoms. The van der Waals surface area contributed by atoms with E-state index in [-0.39, 0.29) is 30.3 Å². The van der Waals surface area contributed by atoms with Gasteiger partial charge in [-0.05, 0) is 37.3 Å². The summed E-state index contributed by atoms with van der Waals surface area (Å²) in [6.07, 6.45) is 3.51. The third-order valence-corrected chi connectivity index (χ3v) is 7.41. The molecule has 190 valence electrons. The number of carbonyl (C=O) groups excluding carboxylic acids is 2. The molecule has 1 aromatic rings. The van der Waals surface area contributed by atoms with Crippen LogP contribution in [-0.4, -0.2) is 57.5 Å². The largest absolute Gasteiger partial charge is 0.458 e. The number of aryl methyl sites for hydroxylation is 1. The third kappa shape index (κ3) is 6.34. The molecule has 3 rings (SSSR count). The van der Waals surface area contributed by atoms with Gasteiger partial charge < -0.3 is 24.1 Å². The minimum atomic E-state index is -1.24. The lowest BCUT2D eigenvalue weighted by atomic mass is 9.73. The molecule has 0 bridgehead atoms. The molecule has 8 nitrogen and oxygen atoms in total. The Morgan fingerprint density at radius 3 is 2.53 bits per heavy atom. The van der Waals surface area contributed by atoms with Gasteiger partial charge in [-0.15, -0.1) is 0 Å². The number of aromatic nitrogens is 1. The van der Waals surface area contributed by atoms with Crippen LogP contribution in [0.25, 0.3) is 6.08 Å². The topological polar surface area (TPSA) is 122 Å². The lowest BCUT2D eigenvalue weighted by molar-refractivity contribution is -0.154. The van der Waals surface area contributed by atoms with E-state index in [2.05, 4.69) is 4.98 Å². The molecular formula is C26H39NO7. The van der Waals surface area contributed by atoms with Crippen LogP contribution in [0, 0.1) is 24.2 Å². The molecule has 2 N–H and O–H groups in total. The summed E-state index contributed by atoms with van der Waals surface area (Å²) in [6.45, 7) is 10.5. The lowest BCUT2D eigenvalue weighted by Gasteiger charge is -2.34. The van der Waals surface area contributed by atoms with Crippen molar-refractivity contribution in [2.45, 2.75) is 104 Å². The van der Waals surface area contributed by atoms with Crippen molar-refractivity contribution in [2.24, 2.45) is 17.3 Å². The first-order chi connectivity index (χ1) is 15.9. The zero-order chi connectivity index (χ0) is 25.2. The zero-order valence-electron chi connectivity index (χ0n) is 21.1. The number of epoxide rings is 1. The molecule has 0 spiro atoms. The second-order valence-electron chi connectivity index (χ2n) is 10.6. The van der Waals surface area contributed by atoms with Gasteiger partial charge in [-0.1, -0.05) is 34.1 Å². The van der Waals surface area contributed by atoms with Gasteiger partial charge in [0.1, 0.15) is 23.8 Å². The maximum absolute atomic E-state index is 13.2. The standard InChI is InChI=1S/C26H39NO7/c1-14-8-7-9-19-21(33-19)11-20(15(2)10-18-13-32-17(4)27-18)34-23(29)12-22(28)26(5,6)25(31)16(3)24(14)30/h10,13-14,16,19-22,24,28,30H,7-9,11-12H2,1-6H3/b15-10+/t14-,16-,19-,20-,21+,22-,24+/m0/s1. The number of hydrogen-bond donors (Lipinski definition) is 2. The fourth-order valence-electron chi connectivity index (χ4n) is 4.78. The molecule has 1 aromatic heterocycles. The second kappa shape index (κ2) is 10.7. The van der Waals surface area contributed by atoms with Crippen molar-refractivity contribution in [3.8, 4) is 0 Å². The Labute approximate surface area is 201 Å². The van der Waals surface area contributed by atoms with Gasteiger partial charge in [-0.2, -0.15) is 0 Å². The van der Waals surface area contributed by atoms with Gasteiger partial charge in [0.2, 0.25) is 0 Å². The molecular weight excluding hydrogens is 438 g/mol. The fraction of sp³-hybridized carbons (Fsp3) is 0.731. The van der Waals surface area contributed by atoms with Crippen LogP contribution in [0.5, 0.6) is 0 Å². The van der Waals surface area contributed by atoms with E-state index < -0.39 is 35.6 Å². The van der Waals surface area contributed by atoms with Crippen LogP contribution in [0.4, 0.5) is 0 Å². The third-order valence-electron chi connectivity index (χ3n) is 7.41. The van der Waals surface area contributed by atoms with Crippen LogP contribution in [0.2, 0.25) is 0 Å². The Hall–Kier alpha value is -2.03. The number of carbonyl (C=O) groups is 2. The Kier molecular flexibility index (Phi) is 8.37. The zero-order valence-corrected chi connectivity index (χ0v) is 21.1. The van der Waals surface area contributed by atoms with E-state index >= 15 is 0 Å². The number of cyclic esters (lactones) is 1. The maximum Gasteiger partial charge on any atom is 0.309 e. The number of rotatable bonds is 2. The fourth-order valence-corrected chi connectivity index (χ4v) is 4.78. The highest BCUT2D eigenvalue weighted by molar-refractivity contribution is 5.88. The Morgan fingerprint density at radius 1 is 1.18 bits per heavy atom.